The van der Waals surface area contributed by atoms with Crippen LogP contribution in [0.5, 0.6) is 0 Å². The van der Waals surface area contributed by atoms with Gasteiger partial charge in [-0.25, -0.2) is 15.0 Å². The van der Waals surface area contributed by atoms with E-state index in [1.807, 2.05) is 20.0 Å². The molecule has 1 aliphatic heterocycles. The van der Waals surface area contributed by atoms with E-state index in [1.54, 1.807) is 36.7 Å². The fraction of sp³-hybridized carbons (Fsp3) is 0.304. The fourth-order valence-corrected chi connectivity index (χ4v) is 3.98. The number of hydrogen-bond donors (Lipinski definition) is 2. The summed E-state index contributed by atoms with van der Waals surface area (Å²) in [6, 6.07) is 11.1. The number of aryl methyl sites for hydroxylation is 1. The Morgan fingerprint density at radius 1 is 1.23 bits per heavy atom. The van der Waals surface area contributed by atoms with Crippen LogP contribution in [0.1, 0.15) is 39.8 Å². The summed E-state index contributed by atoms with van der Waals surface area (Å²) in [4.78, 5) is 28.6. The molecule has 0 bridgehead atoms. The SMILES string of the molecule is CNc1ncccc1CN1CCC(c2ncc(C(=O)Nc3ccc(Cl)cc3)c(C)n2)C1. The van der Waals surface area contributed by atoms with Crippen molar-refractivity contribution >= 4 is 29.0 Å². The number of nitrogens with zero attached hydrogens (tertiary/aromatic N) is 4. The molecule has 1 unspecified atom stereocenters. The van der Waals surface area contributed by atoms with Crippen LogP contribution in [0.15, 0.2) is 48.8 Å². The first-order valence-electron chi connectivity index (χ1n) is 10.3. The van der Waals surface area contributed by atoms with Crippen molar-refractivity contribution in [1.82, 2.24) is 19.9 Å². The van der Waals surface area contributed by atoms with Crippen LogP contribution in [0.2, 0.25) is 5.02 Å². The summed E-state index contributed by atoms with van der Waals surface area (Å²) in [6.07, 6.45) is 4.42. The maximum Gasteiger partial charge on any atom is 0.259 e. The Hall–Kier alpha value is -3.03. The number of rotatable bonds is 6. The van der Waals surface area contributed by atoms with Crippen LogP contribution in [0, 0.1) is 6.92 Å². The van der Waals surface area contributed by atoms with E-state index < -0.39 is 0 Å². The molecular weight excluding hydrogens is 412 g/mol. The minimum absolute atomic E-state index is 0.226. The first-order chi connectivity index (χ1) is 15.0. The van der Waals surface area contributed by atoms with Gasteiger partial charge in [0.1, 0.15) is 11.6 Å². The smallest absolute Gasteiger partial charge is 0.259 e. The average molecular weight is 437 g/mol. The van der Waals surface area contributed by atoms with Crippen molar-refractivity contribution < 1.29 is 4.79 Å². The van der Waals surface area contributed by atoms with E-state index in [9.17, 15) is 4.79 Å². The highest BCUT2D eigenvalue weighted by Crippen LogP contribution is 2.27. The molecule has 1 aliphatic rings. The fourth-order valence-electron chi connectivity index (χ4n) is 3.86. The number of carbonyl (C=O) groups is 1. The number of anilines is 2. The van der Waals surface area contributed by atoms with E-state index in [-0.39, 0.29) is 11.8 Å². The molecule has 0 aliphatic carbocycles. The number of amides is 1. The Morgan fingerprint density at radius 2 is 2.03 bits per heavy atom. The molecule has 31 heavy (non-hydrogen) atoms. The van der Waals surface area contributed by atoms with Crippen molar-refractivity contribution in [2.24, 2.45) is 0 Å². The van der Waals surface area contributed by atoms with Gasteiger partial charge in [-0.2, -0.15) is 0 Å². The Kier molecular flexibility index (Phi) is 6.44. The summed E-state index contributed by atoms with van der Waals surface area (Å²) in [5.74, 6) is 1.73. The molecule has 3 aromatic rings. The Labute approximate surface area is 186 Å². The zero-order valence-corrected chi connectivity index (χ0v) is 18.4. The lowest BCUT2D eigenvalue weighted by atomic mass is 10.1. The molecule has 4 rings (SSSR count). The molecule has 7 nitrogen and oxygen atoms in total. The van der Waals surface area contributed by atoms with Gasteiger partial charge in [-0.1, -0.05) is 17.7 Å². The van der Waals surface area contributed by atoms with Crippen LogP contribution >= 0.6 is 11.6 Å². The van der Waals surface area contributed by atoms with Gasteiger partial charge in [-0.05, 0) is 50.2 Å². The number of benzene rings is 1. The summed E-state index contributed by atoms with van der Waals surface area (Å²) in [5.41, 5.74) is 3.01. The van der Waals surface area contributed by atoms with Gasteiger partial charge in [0.25, 0.3) is 5.91 Å². The Morgan fingerprint density at radius 3 is 2.77 bits per heavy atom. The van der Waals surface area contributed by atoms with Crippen molar-refractivity contribution in [3.8, 4) is 0 Å². The number of halogens is 1. The molecule has 3 heterocycles. The summed E-state index contributed by atoms with van der Waals surface area (Å²) in [6.45, 7) is 4.54. The van der Waals surface area contributed by atoms with E-state index >= 15 is 0 Å². The van der Waals surface area contributed by atoms with Crippen molar-refractivity contribution in [1.29, 1.82) is 0 Å². The molecule has 1 aromatic carbocycles. The van der Waals surface area contributed by atoms with E-state index in [1.165, 1.54) is 5.56 Å². The first-order valence-corrected chi connectivity index (χ1v) is 10.7. The lowest BCUT2D eigenvalue weighted by Crippen LogP contribution is -2.21. The lowest BCUT2D eigenvalue weighted by molar-refractivity contribution is 0.102. The van der Waals surface area contributed by atoms with Gasteiger partial charge >= 0.3 is 0 Å². The predicted molar refractivity (Wildman–Crippen MR) is 123 cm³/mol. The van der Waals surface area contributed by atoms with E-state index in [0.29, 0.717) is 22.0 Å². The third kappa shape index (κ3) is 5.00. The van der Waals surface area contributed by atoms with Gasteiger partial charge in [0.15, 0.2) is 0 Å². The number of aromatic nitrogens is 3. The quantitative estimate of drug-likeness (QED) is 0.604. The molecule has 0 saturated carbocycles. The second-order valence-electron chi connectivity index (χ2n) is 7.67. The number of likely N-dealkylation sites (tertiary alicyclic amines) is 1. The summed E-state index contributed by atoms with van der Waals surface area (Å²) >= 11 is 5.90. The lowest BCUT2D eigenvalue weighted by Gasteiger charge is -2.17. The summed E-state index contributed by atoms with van der Waals surface area (Å²) < 4.78 is 0. The maximum atomic E-state index is 12.6. The van der Waals surface area contributed by atoms with E-state index in [0.717, 1.165) is 37.7 Å². The summed E-state index contributed by atoms with van der Waals surface area (Å²) in [7, 11) is 1.89. The molecule has 1 amide bonds. The van der Waals surface area contributed by atoms with Crippen molar-refractivity contribution in [2.45, 2.75) is 25.8 Å². The highest BCUT2D eigenvalue weighted by molar-refractivity contribution is 6.30. The van der Waals surface area contributed by atoms with E-state index in [4.69, 9.17) is 11.6 Å². The zero-order valence-electron chi connectivity index (χ0n) is 17.6. The third-order valence-electron chi connectivity index (χ3n) is 5.50. The molecule has 8 heteroatoms. The van der Waals surface area contributed by atoms with E-state index in [2.05, 4.69) is 36.6 Å². The first kappa shape index (κ1) is 21.2. The predicted octanol–water partition coefficient (Wildman–Crippen LogP) is 4.12. The van der Waals surface area contributed by atoms with Crippen molar-refractivity contribution in [3.05, 3.63) is 76.5 Å². The van der Waals surface area contributed by atoms with Gasteiger partial charge in [0, 0.05) is 54.7 Å². The van der Waals surface area contributed by atoms with Crippen LogP contribution in [0.4, 0.5) is 11.5 Å². The van der Waals surface area contributed by atoms with Gasteiger partial charge in [-0.3, -0.25) is 9.69 Å². The van der Waals surface area contributed by atoms with Crippen LogP contribution in [-0.4, -0.2) is 45.9 Å². The van der Waals surface area contributed by atoms with Gasteiger partial charge in [-0.15, -0.1) is 0 Å². The van der Waals surface area contributed by atoms with Crippen LogP contribution in [0.25, 0.3) is 0 Å². The highest BCUT2D eigenvalue weighted by atomic mass is 35.5. The average Bonchev–Trinajstić information content (AvgIpc) is 3.24. The van der Waals surface area contributed by atoms with Crippen molar-refractivity contribution in [2.75, 3.05) is 30.8 Å². The molecule has 2 N–H and O–H groups in total. The minimum Gasteiger partial charge on any atom is -0.373 e. The third-order valence-corrected chi connectivity index (χ3v) is 5.76. The van der Waals surface area contributed by atoms with Crippen LogP contribution in [-0.2, 0) is 6.54 Å². The van der Waals surface area contributed by atoms with Crippen LogP contribution < -0.4 is 10.6 Å². The molecule has 0 spiro atoms. The molecule has 1 saturated heterocycles. The largest absolute Gasteiger partial charge is 0.373 e. The molecule has 2 aromatic heterocycles. The molecule has 160 valence electrons. The molecular formula is C23H25ClN6O. The highest BCUT2D eigenvalue weighted by Gasteiger charge is 2.27. The Balaban J connectivity index is 1.41. The van der Waals surface area contributed by atoms with Crippen molar-refractivity contribution in [3.63, 3.8) is 0 Å². The second-order valence-corrected chi connectivity index (χ2v) is 8.11. The second kappa shape index (κ2) is 9.41. The number of carbonyl (C=O) groups excluding carboxylic acids is 1. The molecule has 1 atom stereocenters. The number of hydrogen-bond acceptors (Lipinski definition) is 6. The summed E-state index contributed by atoms with van der Waals surface area (Å²) in [5, 5.41) is 6.64. The monoisotopic (exact) mass is 436 g/mol. The van der Waals surface area contributed by atoms with Gasteiger partial charge in [0.05, 0.1) is 11.3 Å². The topological polar surface area (TPSA) is 83.0 Å². The zero-order chi connectivity index (χ0) is 21.8. The molecule has 0 radical (unpaired) electrons. The number of pyridine rings is 1. The number of nitrogens with one attached hydrogen (secondary N) is 2. The Bertz CT molecular complexity index is 1070. The normalized spacial score (nSPS) is 16.3. The maximum absolute atomic E-state index is 12.6. The van der Waals surface area contributed by atoms with Gasteiger partial charge in [0.2, 0.25) is 0 Å². The standard InChI is InChI=1S/C23H25ClN6O/c1-15-20(23(31)29-19-7-5-18(24)6-8-19)12-27-22(28-15)17-9-11-30(14-17)13-16-4-3-10-26-21(16)25-2/h3-8,10,12,17H,9,11,13-14H2,1-2H3,(H,25,26)(H,29,31). The minimum atomic E-state index is -0.226. The van der Waals surface area contributed by atoms with Crippen LogP contribution in [0.3, 0.4) is 0 Å². The van der Waals surface area contributed by atoms with Gasteiger partial charge < -0.3 is 10.6 Å². The molecule has 1 fully saturated rings.